The Morgan fingerprint density at radius 3 is 3.00 bits per heavy atom. The third-order valence-corrected chi connectivity index (χ3v) is 3.33. The molecule has 5 heteroatoms. The fraction of sp³-hybridized carbons (Fsp3) is 0.462. The number of aromatic amines is 1. The van der Waals surface area contributed by atoms with Crippen LogP contribution >= 0.6 is 0 Å². The Kier molecular flexibility index (Phi) is 3.06. The van der Waals surface area contributed by atoms with Crippen molar-refractivity contribution in [3.8, 4) is 6.01 Å². The summed E-state index contributed by atoms with van der Waals surface area (Å²) in [5.74, 6) is 0. The van der Waals surface area contributed by atoms with E-state index in [1.165, 1.54) is 25.9 Å². The summed E-state index contributed by atoms with van der Waals surface area (Å²) in [5, 5.41) is 0. The van der Waals surface area contributed by atoms with Crippen LogP contribution in [0.4, 0.5) is 5.69 Å². The van der Waals surface area contributed by atoms with Gasteiger partial charge in [-0.1, -0.05) is 0 Å². The van der Waals surface area contributed by atoms with Crippen LogP contribution in [0, 0.1) is 0 Å². The Bertz CT molecular complexity index is 531. The van der Waals surface area contributed by atoms with Crippen molar-refractivity contribution in [3.05, 3.63) is 18.2 Å². The van der Waals surface area contributed by atoms with Gasteiger partial charge in [0.05, 0.1) is 11.0 Å². The number of rotatable bonds is 4. The first-order chi connectivity index (χ1) is 8.81. The first-order valence-corrected chi connectivity index (χ1v) is 6.42. The van der Waals surface area contributed by atoms with Crippen LogP contribution in [0.5, 0.6) is 6.01 Å². The Hall–Kier alpha value is -1.75. The Morgan fingerprint density at radius 1 is 1.33 bits per heavy atom. The molecule has 0 spiro atoms. The summed E-state index contributed by atoms with van der Waals surface area (Å²) in [4.78, 5) is 9.91. The zero-order chi connectivity index (χ0) is 12.4. The highest BCUT2D eigenvalue weighted by Gasteiger charge is 2.11. The minimum atomic E-state index is 0.579. The highest BCUT2D eigenvalue weighted by atomic mass is 16.5. The maximum absolute atomic E-state index is 5.72. The summed E-state index contributed by atoms with van der Waals surface area (Å²) in [6.45, 7) is 4.04. The molecule has 1 aliphatic rings. The monoisotopic (exact) mass is 246 g/mol. The molecule has 2 heterocycles. The summed E-state index contributed by atoms with van der Waals surface area (Å²) in [6, 6.07) is 6.19. The van der Waals surface area contributed by atoms with Crippen molar-refractivity contribution in [1.29, 1.82) is 0 Å². The van der Waals surface area contributed by atoms with Crippen molar-refractivity contribution in [2.24, 2.45) is 0 Å². The highest BCUT2D eigenvalue weighted by molar-refractivity contribution is 5.79. The number of H-pyrrole nitrogens is 1. The van der Waals surface area contributed by atoms with Crippen molar-refractivity contribution in [3.63, 3.8) is 0 Å². The van der Waals surface area contributed by atoms with Gasteiger partial charge in [0, 0.05) is 12.2 Å². The van der Waals surface area contributed by atoms with Crippen LogP contribution in [0.2, 0.25) is 0 Å². The van der Waals surface area contributed by atoms with Crippen LogP contribution in [0.1, 0.15) is 12.8 Å². The predicted molar refractivity (Wildman–Crippen MR) is 71.7 cm³/mol. The van der Waals surface area contributed by atoms with Crippen molar-refractivity contribution in [2.45, 2.75) is 12.8 Å². The molecule has 0 unspecified atom stereocenters. The van der Waals surface area contributed by atoms with Crippen molar-refractivity contribution in [1.82, 2.24) is 14.9 Å². The maximum atomic E-state index is 5.72. The number of aromatic nitrogens is 2. The van der Waals surface area contributed by atoms with E-state index in [1.807, 2.05) is 18.2 Å². The number of benzene rings is 1. The van der Waals surface area contributed by atoms with Gasteiger partial charge >= 0.3 is 0 Å². The molecular weight excluding hydrogens is 228 g/mol. The van der Waals surface area contributed by atoms with Gasteiger partial charge in [-0.3, -0.25) is 4.90 Å². The minimum absolute atomic E-state index is 0.579. The second kappa shape index (κ2) is 4.86. The molecule has 1 aliphatic heterocycles. The first kappa shape index (κ1) is 11.3. The summed E-state index contributed by atoms with van der Waals surface area (Å²) in [7, 11) is 0. The standard InChI is InChI=1S/C13H18N4O/c14-10-3-4-11-12(9-10)16-13(15-11)18-8-7-17-5-1-2-6-17/h3-4,9H,1-2,5-8,14H2,(H,15,16). The molecule has 0 radical (unpaired) electrons. The van der Waals surface area contributed by atoms with Gasteiger partial charge in [0.25, 0.3) is 6.01 Å². The molecule has 5 nitrogen and oxygen atoms in total. The number of hydrogen-bond acceptors (Lipinski definition) is 4. The smallest absolute Gasteiger partial charge is 0.294 e. The van der Waals surface area contributed by atoms with E-state index in [0.29, 0.717) is 12.6 Å². The van der Waals surface area contributed by atoms with Crippen LogP contribution < -0.4 is 10.5 Å². The van der Waals surface area contributed by atoms with Gasteiger partial charge in [-0.15, -0.1) is 0 Å². The molecule has 1 saturated heterocycles. The van der Waals surface area contributed by atoms with Crippen molar-refractivity contribution in [2.75, 3.05) is 32.0 Å². The number of nitrogens with one attached hydrogen (secondary N) is 1. The van der Waals surface area contributed by atoms with E-state index >= 15 is 0 Å². The van der Waals surface area contributed by atoms with Gasteiger partial charge in [0.15, 0.2) is 0 Å². The molecular formula is C13H18N4O. The summed E-state index contributed by atoms with van der Waals surface area (Å²) in [5.41, 5.74) is 8.26. The number of hydrogen-bond donors (Lipinski definition) is 2. The Labute approximate surface area is 106 Å². The Morgan fingerprint density at radius 2 is 2.17 bits per heavy atom. The maximum Gasteiger partial charge on any atom is 0.294 e. The molecule has 0 bridgehead atoms. The van der Waals surface area contributed by atoms with Crippen LogP contribution in [0.3, 0.4) is 0 Å². The zero-order valence-corrected chi connectivity index (χ0v) is 10.4. The van der Waals surface area contributed by atoms with Gasteiger partial charge in [-0.05, 0) is 44.1 Å². The van der Waals surface area contributed by atoms with Crippen LogP contribution in [0.25, 0.3) is 11.0 Å². The number of nitrogens with zero attached hydrogens (tertiary/aromatic N) is 2. The fourth-order valence-corrected chi connectivity index (χ4v) is 2.35. The fourth-order valence-electron chi connectivity index (χ4n) is 2.35. The van der Waals surface area contributed by atoms with Gasteiger partial charge in [-0.2, -0.15) is 4.98 Å². The van der Waals surface area contributed by atoms with Gasteiger partial charge in [0.1, 0.15) is 6.61 Å². The molecule has 18 heavy (non-hydrogen) atoms. The molecule has 0 amide bonds. The number of imidazole rings is 1. The second-order valence-corrected chi connectivity index (χ2v) is 4.72. The average molecular weight is 246 g/mol. The lowest BCUT2D eigenvalue weighted by Crippen LogP contribution is -2.25. The van der Waals surface area contributed by atoms with Crippen molar-refractivity contribution < 1.29 is 4.74 Å². The summed E-state index contributed by atoms with van der Waals surface area (Å²) >= 11 is 0. The second-order valence-electron chi connectivity index (χ2n) is 4.72. The van der Waals surface area contributed by atoms with E-state index < -0.39 is 0 Å². The van der Waals surface area contributed by atoms with Crippen LogP contribution in [-0.4, -0.2) is 41.1 Å². The minimum Gasteiger partial charge on any atom is -0.463 e. The van der Waals surface area contributed by atoms with Crippen LogP contribution in [-0.2, 0) is 0 Å². The molecule has 3 rings (SSSR count). The molecule has 2 aromatic rings. The molecule has 1 aromatic heterocycles. The lowest BCUT2D eigenvalue weighted by Gasteiger charge is -2.13. The third-order valence-electron chi connectivity index (χ3n) is 3.33. The molecule has 96 valence electrons. The molecule has 1 aromatic carbocycles. The van der Waals surface area contributed by atoms with E-state index in [4.69, 9.17) is 10.5 Å². The Balaban J connectivity index is 1.60. The molecule has 0 saturated carbocycles. The third kappa shape index (κ3) is 2.41. The van der Waals surface area contributed by atoms with E-state index in [0.717, 1.165) is 23.3 Å². The summed E-state index contributed by atoms with van der Waals surface area (Å²) in [6.07, 6.45) is 2.62. The largest absolute Gasteiger partial charge is 0.463 e. The van der Waals surface area contributed by atoms with E-state index in [1.54, 1.807) is 0 Å². The number of anilines is 1. The lowest BCUT2D eigenvalue weighted by molar-refractivity contribution is 0.227. The number of fused-ring (bicyclic) bond motifs is 1. The lowest BCUT2D eigenvalue weighted by atomic mass is 10.3. The van der Waals surface area contributed by atoms with Gasteiger partial charge in [0.2, 0.25) is 0 Å². The number of ether oxygens (including phenoxy) is 1. The van der Waals surface area contributed by atoms with E-state index in [9.17, 15) is 0 Å². The normalized spacial score (nSPS) is 16.4. The number of likely N-dealkylation sites (tertiary alicyclic amines) is 1. The van der Waals surface area contributed by atoms with Gasteiger partial charge < -0.3 is 15.5 Å². The predicted octanol–water partition coefficient (Wildman–Crippen LogP) is 1.62. The van der Waals surface area contributed by atoms with Gasteiger partial charge in [-0.25, -0.2) is 0 Å². The topological polar surface area (TPSA) is 67.2 Å². The van der Waals surface area contributed by atoms with E-state index in [-0.39, 0.29) is 0 Å². The average Bonchev–Trinajstić information content (AvgIpc) is 2.97. The summed E-state index contributed by atoms with van der Waals surface area (Å²) < 4.78 is 5.64. The molecule has 0 aliphatic carbocycles. The zero-order valence-electron chi connectivity index (χ0n) is 10.4. The molecule has 1 fully saturated rings. The van der Waals surface area contributed by atoms with Crippen LogP contribution in [0.15, 0.2) is 18.2 Å². The SMILES string of the molecule is Nc1ccc2nc(OCCN3CCCC3)[nH]c2c1. The van der Waals surface area contributed by atoms with Crippen molar-refractivity contribution >= 4 is 16.7 Å². The molecule has 3 N–H and O–H groups in total. The number of nitrogen functional groups attached to an aromatic ring is 1. The first-order valence-electron chi connectivity index (χ1n) is 6.42. The molecule has 0 atom stereocenters. The highest BCUT2D eigenvalue weighted by Crippen LogP contribution is 2.18. The number of nitrogens with two attached hydrogens (primary N) is 1. The quantitative estimate of drug-likeness (QED) is 0.804. The van der Waals surface area contributed by atoms with E-state index in [2.05, 4.69) is 14.9 Å².